The minimum Gasteiger partial charge on any atom is -0.453 e. The lowest BCUT2D eigenvalue weighted by molar-refractivity contribution is 0.0792. The fraction of sp³-hybridized carbons (Fsp3) is 0.250. The number of ether oxygens (including phenoxy) is 1. The van der Waals surface area contributed by atoms with Gasteiger partial charge >= 0.3 is 0 Å². The zero-order valence-electron chi connectivity index (χ0n) is 11.8. The van der Waals surface area contributed by atoms with E-state index in [2.05, 4.69) is 0 Å². The summed E-state index contributed by atoms with van der Waals surface area (Å²) in [5.74, 6) is 1.51. The molecule has 0 saturated carbocycles. The summed E-state index contributed by atoms with van der Waals surface area (Å²) in [6, 6.07) is 11.5. The smallest absolute Gasteiger partial charge is 0.151 e. The minimum absolute atomic E-state index is 0.561. The molecule has 3 N–H and O–H groups in total. The van der Waals surface area contributed by atoms with Crippen molar-refractivity contribution >= 4 is 17.1 Å². The lowest BCUT2D eigenvalue weighted by Crippen LogP contribution is -2.21. The van der Waals surface area contributed by atoms with Gasteiger partial charge in [-0.1, -0.05) is 12.1 Å². The molecule has 2 aromatic carbocycles. The van der Waals surface area contributed by atoms with Gasteiger partial charge in [0.15, 0.2) is 11.5 Å². The molecule has 0 spiro atoms. The standard InChI is InChI=1S/C16H18N2O2/c1-16(2,19)10-8-15-13(9-11(10)17)18(3)12-6-4-5-7-14(12)20-15/h4-9,19H,17H2,1-3H3. The number of anilines is 3. The molecule has 1 heterocycles. The van der Waals surface area contributed by atoms with Gasteiger partial charge in [-0.15, -0.1) is 0 Å². The Balaban J connectivity index is 2.16. The molecular formula is C16H18N2O2. The monoisotopic (exact) mass is 270 g/mol. The average Bonchev–Trinajstić information content (AvgIpc) is 2.38. The summed E-state index contributed by atoms with van der Waals surface area (Å²) in [5, 5.41) is 10.2. The summed E-state index contributed by atoms with van der Waals surface area (Å²) in [7, 11) is 1.98. The molecule has 3 rings (SSSR count). The largest absolute Gasteiger partial charge is 0.453 e. The van der Waals surface area contributed by atoms with Crippen molar-refractivity contribution in [3.63, 3.8) is 0 Å². The summed E-state index contributed by atoms with van der Waals surface area (Å²) >= 11 is 0. The third-order valence-electron chi connectivity index (χ3n) is 3.60. The number of aliphatic hydroxyl groups is 1. The normalized spacial score (nSPS) is 13.5. The Bertz CT molecular complexity index is 675. The van der Waals surface area contributed by atoms with Crippen LogP contribution in [-0.2, 0) is 5.60 Å². The van der Waals surface area contributed by atoms with E-state index in [0.29, 0.717) is 17.0 Å². The number of rotatable bonds is 1. The molecule has 0 bridgehead atoms. The van der Waals surface area contributed by atoms with E-state index in [4.69, 9.17) is 10.5 Å². The van der Waals surface area contributed by atoms with Gasteiger partial charge in [-0.05, 0) is 38.1 Å². The maximum Gasteiger partial charge on any atom is 0.151 e. The summed E-state index contributed by atoms with van der Waals surface area (Å²) in [6.45, 7) is 3.43. The Morgan fingerprint density at radius 3 is 2.50 bits per heavy atom. The highest BCUT2D eigenvalue weighted by atomic mass is 16.5. The van der Waals surface area contributed by atoms with Crippen LogP contribution in [0.15, 0.2) is 36.4 Å². The van der Waals surface area contributed by atoms with E-state index in [1.54, 1.807) is 13.8 Å². The van der Waals surface area contributed by atoms with Crippen LogP contribution in [0.25, 0.3) is 0 Å². The van der Waals surface area contributed by atoms with Crippen LogP contribution in [0.1, 0.15) is 19.4 Å². The topological polar surface area (TPSA) is 58.7 Å². The zero-order valence-corrected chi connectivity index (χ0v) is 11.8. The van der Waals surface area contributed by atoms with E-state index in [9.17, 15) is 5.11 Å². The van der Waals surface area contributed by atoms with E-state index in [1.165, 1.54) is 0 Å². The maximum absolute atomic E-state index is 10.2. The first kappa shape index (κ1) is 12.8. The van der Waals surface area contributed by atoms with E-state index in [0.717, 1.165) is 17.1 Å². The molecule has 0 radical (unpaired) electrons. The van der Waals surface area contributed by atoms with Gasteiger partial charge in [-0.25, -0.2) is 0 Å². The first-order valence-corrected chi connectivity index (χ1v) is 6.55. The third-order valence-corrected chi connectivity index (χ3v) is 3.60. The minimum atomic E-state index is -1.00. The van der Waals surface area contributed by atoms with Crippen LogP contribution >= 0.6 is 0 Å². The number of nitrogen functional groups attached to an aromatic ring is 1. The Morgan fingerprint density at radius 2 is 1.80 bits per heavy atom. The van der Waals surface area contributed by atoms with Crippen LogP contribution in [0.5, 0.6) is 11.5 Å². The molecule has 0 saturated heterocycles. The van der Waals surface area contributed by atoms with Crippen molar-refractivity contribution in [2.75, 3.05) is 17.7 Å². The molecule has 0 aliphatic carbocycles. The SMILES string of the molecule is CN1c2ccccc2Oc2cc(C(C)(C)O)c(N)cc21. The number of para-hydroxylation sites is 2. The number of hydrogen-bond acceptors (Lipinski definition) is 4. The second-order valence-electron chi connectivity index (χ2n) is 5.60. The van der Waals surface area contributed by atoms with Crippen LogP contribution in [0.3, 0.4) is 0 Å². The molecule has 0 fully saturated rings. The molecule has 20 heavy (non-hydrogen) atoms. The van der Waals surface area contributed by atoms with E-state index in [1.807, 2.05) is 48.3 Å². The molecule has 0 aromatic heterocycles. The predicted octanol–water partition coefficient (Wildman–Crippen LogP) is 3.37. The van der Waals surface area contributed by atoms with E-state index >= 15 is 0 Å². The van der Waals surface area contributed by atoms with Gasteiger partial charge < -0.3 is 20.5 Å². The van der Waals surface area contributed by atoms with Crippen molar-refractivity contribution < 1.29 is 9.84 Å². The van der Waals surface area contributed by atoms with Gasteiger partial charge in [0, 0.05) is 18.3 Å². The van der Waals surface area contributed by atoms with Crippen LogP contribution in [-0.4, -0.2) is 12.2 Å². The van der Waals surface area contributed by atoms with Gasteiger partial charge in [-0.3, -0.25) is 0 Å². The zero-order chi connectivity index (χ0) is 14.5. The van der Waals surface area contributed by atoms with Crippen molar-refractivity contribution in [1.29, 1.82) is 0 Å². The predicted molar refractivity (Wildman–Crippen MR) is 80.7 cm³/mol. The number of hydrogen-bond donors (Lipinski definition) is 2. The molecule has 0 unspecified atom stereocenters. The maximum atomic E-state index is 10.2. The van der Waals surface area contributed by atoms with Gasteiger partial charge in [0.2, 0.25) is 0 Å². The van der Waals surface area contributed by atoms with Crippen LogP contribution < -0.4 is 15.4 Å². The second-order valence-corrected chi connectivity index (χ2v) is 5.60. The number of benzene rings is 2. The molecule has 0 amide bonds. The molecule has 2 aromatic rings. The summed E-state index contributed by atoms with van der Waals surface area (Å²) < 4.78 is 5.93. The van der Waals surface area contributed by atoms with Crippen molar-refractivity contribution in [2.45, 2.75) is 19.4 Å². The summed E-state index contributed by atoms with van der Waals surface area (Å²) in [4.78, 5) is 2.04. The van der Waals surface area contributed by atoms with E-state index in [-0.39, 0.29) is 0 Å². The van der Waals surface area contributed by atoms with Crippen LogP contribution in [0.4, 0.5) is 17.1 Å². The summed E-state index contributed by atoms with van der Waals surface area (Å²) in [6.07, 6.45) is 0. The number of nitrogens with two attached hydrogens (primary N) is 1. The van der Waals surface area contributed by atoms with Crippen LogP contribution in [0, 0.1) is 0 Å². The fourth-order valence-electron chi connectivity index (χ4n) is 2.53. The molecule has 104 valence electrons. The Hall–Kier alpha value is -2.20. The van der Waals surface area contributed by atoms with Gasteiger partial charge in [0.25, 0.3) is 0 Å². The van der Waals surface area contributed by atoms with Crippen molar-refractivity contribution in [3.8, 4) is 11.5 Å². The fourth-order valence-corrected chi connectivity index (χ4v) is 2.53. The molecule has 0 atom stereocenters. The molecule has 1 aliphatic rings. The van der Waals surface area contributed by atoms with Crippen molar-refractivity contribution in [3.05, 3.63) is 42.0 Å². The Morgan fingerprint density at radius 1 is 1.10 bits per heavy atom. The van der Waals surface area contributed by atoms with Crippen molar-refractivity contribution in [2.24, 2.45) is 0 Å². The van der Waals surface area contributed by atoms with E-state index < -0.39 is 5.60 Å². The quantitative estimate of drug-likeness (QED) is 0.780. The molecule has 4 heteroatoms. The summed E-state index contributed by atoms with van der Waals surface area (Å²) in [5.41, 5.74) is 8.19. The van der Waals surface area contributed by atoms with Crippen LogP contribution in [0.2, 0.25) is 0 Å². The number of fused-ring (bicyclic) bond motifs is 2. The highest BCUT2D eigenvalue weighted by molar-refractivity contribution is 5.80. The Labute approximate surface area is 118 Å². The molecule has 4 nitrogen and oxygen atoms in total. The first-order chi connectivity index (χ1) is 9.38. The highest BCUT2D eigenvalue weighted by Crippen LogP contribution is 2.48. The molecular weight excluding hydrogens is 252 g/mol. The van der Waals surface area contributed by atoms with Gasteiger partial charge in [0.1, 0.15) is 0 Å². The first-order valence-electron chi connectivity index (χ1n) is 6.55. The van der Waals surface area contributed by atoms with Gasteiger partial charge in [-0.2, -0.15) is 0 Å². The average molecular weight is 270 g/mol. The second kappa shape index (κ2) is 4.15. The van der Waals surface area contributed by atoms with Gasteiger partial charge in [0.05, 0.1) is 17.0 Å². The lowest BCUT2D eigenvalue weighted by Gasteiger charge is -2.31. The highest BCUT2D eigenvalue weighted by Gasteiger charge is 2.26. The molecule has 1 aliphatic heterocycles. The third kappa shape index (κ3) is 1.89. The lowest BCUT2D eigenvalue weighted by atomic mass is 9.95. The number of nitrogens with zero attached hydrogens (tertiary/aromatic N) is 1. The Kier molecular flexibility index (Phi) is 2.66. The van der Waals surface area contributed by atoms with Crippen molar-refractivity contribution in [1.82, 2.24) is 0 Å².